The maximum Gasteiger partial charge on any atom is 0.225 e. The predicted octanol–water partition coefficient (Wildman–Crippen LogP) is 4.58. The fourth-order valence-corrected chi connectivity index (χ4v) is 5.72. The first kappa shape index (κ1) is 31.4. The molecule has 2 saturated heterocycles. The summed E-state index contributed by atoms with van der Waals surface area (Å²) >= 11 is 0. The summed E-state index contributed by atoms with van der Waals surface area (Å²) in [6, 6.07) is 14.6. The molecule has 2 fully saturated rings. The molecule has 0 aromatic heterocycles. The lowest BCUT2D eigenvalue weighted by molar-refractivity contribution is -0.141. The molecule has 228 valence electrons. The number of ether oxygens (including phenoxy) is 2. The van der Waals surface area contributed by atoms with Crippen LogP contribution in [0.15, 0.2) is 54.7 Å². The van der Waals surface area contributed by atoms with E-state index in [0.717, 1.165) is 69.4 Å². The molecule has 1 atom stereocenters. The van der Waals surface area contributed by atoms with Gasteiger partial charge in [-0.25, -0.2) is 0 Å². The number of likely N-dealkylation sites (tertiary alicyclic amines) is 1. The van der Waals surface area contributed by atoms with E-state index in [9.17, 15) is 9.59 Å². The number of nitrogens with two attached hydrogens (primary N) is 1. The monoisotopic (exact) mass is 576 g/mol. The number of piperazine rings is 1. The molecule has 4 rings (SSSR count). The highest BCUT2D eigenvalue weighted by Gasteiger charge is 2.35. The van der Waals surface area contributed by atoms with Crippen LogP contribution in [-0.4, -0.2) is 79.9 Å². The Morgan fingerprint density at radius 1 is 0.976 bits per heavy atom. The minimum absolute atomic E-state index is 0.0980. The number of nitrogens with zero attached hydrogens (tertiary/aromatic N) is 3. The Labute approximate surface area is 251 Å². The summed E-state index contributed by atoms with van der Waals surface area (Å²) in [7, 11) is 3.75. The largest absolute Gasteiger partial charge is 0.493 e. The zero-order chi connectivity index (χ0) is 29.9. The van der Waals surface area contributed by atoms with E-state index >= 15 is 0 Å². The van der Waals surface area contributed by atoms with Crippen LogP contribution in [0.2, 0.25) is 0 Å². The number of benzene rings is 2. The minimum Gasteiger partial charge on any atom is -0.493 e. The van der Waals surface area contributed by atoms with Gasteiger partial charge in [0.15, 0.2) is 11.5 Å². The highest BCUT2D eigenvalue weighted by Crippen LogP contribution is 2.36. The molecule has 0 aliphatic carbocycles. The number of hydrogen-bond donors (Lipinski definition) is 1. The number of carbonyl (C=O) groups is 2. The van der Waals surface area contributed by atoms with Gasteiger partial charge in [0.05, 0.1) is 7.11 Å². The average molecular weight is 577 g/mol. The van der Waals surface area contributed by atoms with Crippen molar-refractivity contribution in [3.05, 3.63) is 71.4 Å². The van der Waals surface area contributed by atoms with Crippen molar-refractivity contribution in [1.29, 1.82) is 0 Å². The molecule has 2 amide bonds. The first-order valence-corrected chi connectivity index (χ1v) is 15.4. The maximum atomic E-state index is 13.5. The van der Waals surface area contributed by atoms with E-state index in [-0.39, 0.29) is 23.7 Å². The Hall–Kier alpha value is -3.52. The number of hydrogen-bond acceptors (Lipinski definition) is 6. The van der Waals surface area contributed by atoms with Crippen molar-refractivity contribution in [2.24, 2.45) is 11.7 Å². The summed E-state index contributed by atoms with van der Waals surface area (Å²) < 4.78 is 11.7. The smallest absolute Gasteiger partial charge is 0.225 e. The minimum atomic E-state index is -0.0980. The Morgan fingerprint density at radius 3 is 2.36 bits per heavy atom. The van der Waals surface area contributed by atoms with E-state index in [1.54, 1.807) is 13.3 Å². The summed E-state index contributed by atoms with van der Waals surface area (Å²) in [6.07, 6.45) is 7.93. The number of aryl methyl sites for hydroxylation is 1. The van der Waals surface area contributed by atoms with Gasteiger partial charge >= 0.3 is 0 Å². The average Bonchev–Trinajstić information content (AvgIpc) is 2.99. The fourth-order valence-electron chi connectivity index (χ4n) is 5.72. The number of amides is 2. The molecule has 2 aromatic rings. The van der Waals surface area contributed by atoms with Gasteiger partial charge in [0.25, 0.3) is 0 Å². The lowest BCUT2D eigenvalue weighted by atomic mass is 9.87. The van der Waals surface area contributed by atoms with Gasteiger partial charge in [0, 0.05) is 57.5 Å². The van der Waals surface area contributed by atoms with Gasteiger partial charge in [0.2, 0.25) is 11.8 Å². The molecule has 0 spiro atoms. The Bertz CT molecular complexity index is 1180. The van der Waals surface area contributed by atoms with E-state index in [4.69, 9.17) is 15.2 Å². The number of likely N-dealkylation sites (N-methyl/N-ethyl adjacent to an activating group) is 1. The van der Waals surface area contributed by atoms with Crippen molar-refractivity contribution in [3.63, 3.8) is 0 Å². The molecule has 2 N–H and O–H groups in total. The van der Waals surface area contributed by atoms with Crippen molar-refractivity contribution in [2.75, 3.05) is 53.4 Å². The van der Waals surface area contributed by atoms with Crippen molar-refractivity contribution in [3.8, 4) is 11.5 Å². The quantitative estimate of drug-likeness (QED) is 0.354. The summed E-state index contributed by atoms with van der Waals surface area (Å²) in [6.45, 7) is 7.43. The normalized spacial score (nSPS) is 16.8. The second-order valence-corrected chi connectivity index (χ2v) is 11.6. The maximum absolute atomic E-state index is 13.5. The molecule has 1 unspecified atom stereocenters. The Balaban J connectivity index is 1.28. The predicted molar refractivity (Wildman–Crippen MR) is 166 cm³/mol. The molecule has 8 heteroatoms. The molecular weight excluding hydrogens is 528 g/mol. The van der Waals surface area contributed by atoms with Crippen LogP contribution in [0.25, 0.3) is 0 Å². The lowest BCUT2D eigenvalue weighted by Gasteiger charge is -2.41. The standard InChI is InChI=1S/C34H48N4O4/c1-4-26-11-13-27(14-12-26)25-42-31-16-15-29(22-32(31)41-3)30-23-38(24-30)34(40)28(8-5-6-17-35)9-7-10-33(39)37-20-18-36(2)19-21-37/h6,11-17,22,28,30H,4-5,7-10,18-21,23-25,35H2,1-3H3/b17-6-. The molecule has 8 nitrogen and oxygen atoms in total. The highest BCUT2D eigenvalue weighted by molar-refractivity contribution is 5.80. The van der Waals surface area contributed by atoms with E-state index in [2.05, 4.69) is 49.2 Å². The first-order valence-electron chi connectivity index (χ1n) is 15.4. The second kappa shape index (κ2) is 15.6. The van der Waals surface area contributed by atoms with Crippen LogP contribution in [0.5, 0.6) is 11.5 Å². The third-order valence-electron chi connectivity index (χ3n) is 8.64. The van der Waals surface area contributed by atoms with Crippen LogP contribution in [0, 0.1) is 5.92 Å². The summed E-state index contributed by atoms with van der Waals surface area (Å²) in [4.78, 5) is 32.3. The van der Waals surface area contributed by atoms with Gasteiger partial charge in [-0.15, -0.1) is 0 Å². The van der Waals surface area contributed by atoms with Crippen molar-refractivity contribution in [2.45, 2.75) is 58.0 Å². The molecule has 2 aromatic carbocycles. The molecule has 2 aliphatic rings. The third-order valence-corrected chi connectivity index (χ3v) is 8.64. The highest BCUT2D eigenvalue weighted by atomic mass is 16.5. The summed E-state index contributed by atoms with van der Waals surface area (Å²) in [5, 5.41) is 0. The zero-order valence-corrected chi connectivity index (χ0v) is 25.6. The lowest BCUT2D eigenvalue weighted by Crippen LogP contribution is -2.50. The van der Waals surface area contributed by atoms with E-state index < -0.39 is 0 Å². The molecular formula is C34H48N4O4. The SMILES string of the molecule is CCc1ccc(COc2ccc(C3CN(C(=O)C(CC/C=C\N)CCCC(=O)N4CCN(C)CC4)C3)cc2OC)cc1. The second-order valence-electron chi connectivity index (χ2n) is 11.6. The van der Waals surface area contributed by atoms with Crippen molar-refractivity contribution in [1.82, 2.24) is 14.7 Å². The van der Waals surface area contributed by atoms with Gasteiger partial charge in [-0.05, 0) is 74.2 Å². The van der Waals surface area contributed by atoms with Crippen molar-refractivity contribution < 1.29 is 19.1 Å². The van der Waals surface area contributed by atoms with Crippen LogP contribution < -0.4 is 15.2 Å². The number of rotatable bonds is 14. The Morgan fingerprint density at radius 2 is 1.69 bits per heavy atom. The third kappa shape index (κ3) is 8.51. The molecule has 0 saturated carbocycles. The van der Waals surface area contributed by atoms with Crippen molar-refractivity contribution >= 4 is 11.8 Å². The van der Waals surface area contributed by atoms with Crippen LogP contribution in [-0.2, 0) is 22.6 Å². The number of carbonyl (C=O) groups excluding carboxylic acids is 2. The van der Waals surface area contributed by atoms with E-state index in [0.29, 0.717) is 37.6 Å². The first-order chi connectivity index (χ1) is 20.4. The van der Waals surface area contributed by atoms with Gasteiger partial charge in [-0.2, -0.15) is 0 Å². The molecule has 42 heavy (non-hydrogen) atoms. The summed E-state index contributed by atoms with van der Waals surface area (Å²) in [5.41, 5.74) is 9.12. The van der Waals surface area contributed by atoms with Gasteiger partial charge in [0.1, 0.15) is 6.61 Å². The topological polar surface area (TPSA) is 88.3 Å². The van der Waals surface area contributed by atoms with E-state index in [1.165, 1.54) is 5.56 Å². The number of allylic oxidation sites excluding steroid dienone is 1. The van der Waals surface area contributed by atoms with Crippen LogP contribution in [0.1, 0.15) is 61.6 Å². The molecule has 0 radical (unpaired) electrons. The zero-order valence-electron chi connectivity index (χ0n) is 25.6. The molecule has 2 heterocycles. The summed E-state index contributed by atoms with van der Waals surface area (Å²) in [5.74, 6) is 1.98. The van der Waals surface area contributed by atoms with Crippen LogP contribution in [0.4, 0.5) is 0 Å². The molecule has 2 aliphatic heterocycles. The Kier molecular flexibility index (Phi) is 11.7. The fraction of sp³-hybridized carbons (Fsp3) is 0.529. The van der Waals surface area contributed by atoms with Gasteiger partial charge in [-0.1, -0.05) is 43.3 Å². The van der Waals surface area contributed by atoms with E-state index in [1.807, 2.05) is 28.0 Å². The van der Waals surface area contributed by atoms with Crippen LogP contribution >= 0.6 is 0 Å². The molecule has 0 bridgehead atoms. The van der Waals surface area contributed by atoms with Crippen LogP contribution in [0.3, 0.4) is 0 Å². The number of methoxy groups -OCH3 is 1. The van der Waals surface area contributed by atoms with Gasteiger partial charge < -0.3 is 29.9 Å². The van der Waals surface area contributed by atoms with Gasteiger partial charge in [-0.3, -0.25) is 9.59 Å².